The molecule has 6 nitrogen and oxygen atoms in total. The molecule has 0 spiro atoms. The Bertz CT molecular complexity index is 2040. The number of aryl methyl sites for hydroxylation is 2. The minimum Gasteiger partial charge on any atom is -0.488 e. The summed E-state index contributed by atoms with van der Waals surface area (Å²) in [6, 6.07) is 49.6. The summed E-state index contributed by atoms with van der Waals surface area (Å²) < 4.78 is 6.36. The molecule has 0 atom stereocenters. The smallest absolute Gasteiger partial charge is 0.205 e. The van der Waals surface area contributed by atoms with E-state index in [1.165, 1.54) is 0 Å². The zero-order chi connectivity index (χ0) is 32.9. The number of pyridine rings is 1. The molecule has 0 radical (unpaired) electrons. The van der Waals surface area contributed by atoms with Gasteiger partial charge in [-0.3, -0.25) is 4.98 Å². The van der Waals surface area contributed by atoms with Crippen LogP contribution in [-0.4, -0.2) is 25.2 Å². The first-order chi connectivity index (χ1) is 23.6. The molecule has 0 unspecified atom stereocenters. The molecule has 0 aliphatic carbocycles. The van der Waals surface area contributed by atoms with Crippen molar-refractivity contribution in [1.29, 1.82) is 0 Å². The molecule has 7 heteroatoms. The molecule has 0 N–H and O–H groups in total. The van der Waals surface area contributed by atoms with E-state index in [2.05, 4.69) is 71.7 Å². The van der Waals surface area contributed by atoms with Crippen LogP contribution in [0.4, 0.5) is 0 Å². The zero-order valence-corrected chi connectivity index (χ0v) is 27.5. The largest absolute Gasteiger partial charge is 0.488 e. The second kappa shape index (κ2) is 13.6. The molecule has 0 aliphatic heterocycles. The van der Waals surface area contributed by atoms with Crippen LogP contribution in [0.5, 0.6) is 5.75 Å². The van der Waals surface area contributed by atoms with Crippen molar-refractivity contribution in [3.63, 3.8) is 0 Å². The van der Waals surface area contributed by atoms with E-state index in [-0.39, 0.29) is 0 Å². The summed E-state index contributed by atoms with van der Waals surface area (Å²) in [5.74, 6) is 1.58. The van der Waals surface area contributed by atoms with Crippen molar-refractivity contribution in [2.45, 2.75) is 31.9 Å². The summed E-state index contributed by atoms with van der Waals surface area (Å²) in [5, 5.41) is 14.8. The Balaban J connectivity index is 1.38. The SMILES string of the molecule is Cc1cc(OCc2ccc(-c3ccccc3)c(-c3nnn(C(c4ccccc4)(c4ccccc4)c4ccccc4)n3)c2)c(CCl)c(C)n1. The molecule has 2 heterocycles. The minimum atomic E-state index is -0.877. The Morgan fingerprint density at radius 1 is 0.667 bits per heavy atom. The van der Waals surface area contributed by atoms with Crippen LogP contribution in [0.1, 0.15) is 39.2 Å². The topological polar surface area (TPSA) is 65.7 Å². The molecular formula is C41H34ClN5O. The Labute approximate surface area is 285 Å². The number of rotatable bonds is 10. The first kappa shape index (κ1) is 31.0. The van der Waals surface area contributed by atoms with E-state index in [0.717, 1.165) is 61.6 Å². The zero-order valence-electron chi connectivity index (χ0n) is 26.8. The molecule has 2 aromatic heterocycles. The Hall–Kier alpha value is -5.59. The van der Waals surface area contributed by atoms with Crippen LogP contribution in [0.3, 0.4) is 0 Å². The molecule has 0 aliphatic rings. The van der Waals surface area contributed by atoms with Crippen LogP contribution in [-0.2, 0) is 18.0 Å². The van der Waals surface area contributed by atoms with Gasteiger partial charge in [0.05, 0.1) is 5.88 Å². The monoisotopic (exact) mass is 647 g/mol. The molecule has 0 saturated carbocycles. The molecule has 0 saturated heterocycles. The lowest BCUT2D eigenvalue weighted by atomic mass is 9.77. The summed E-state index contributed by atoms with van der Waals surface area (Å²) >= 11 is 6.29. The number of halogens is 1. The Morgan fingerprint density at radius 3 is 1.79 bits per heavy atom. The van der Waals surface area contributed by atoms with Gasteiger partial charge in [0.25, 0.3) is 0 Å². The standard InChI is InChI=1S/C41H34ClN5O/c1-29-25-39(38(27-42)30(2)43-29)48-28-31-23-24-36(32-15-7-3-8-16-32)37(26-31)40-44-46-47(45-40)41(33-17-9-4-10-18-33,34-19-11-5-12-20-34)35-21-13-6-14-22-35/h3-26H,27-28H2,1-2H3. The fourth-order valence-corrected chi connectivity index (χ4v) is 6.68. The number of aromatic nitrogens is 5. The van der Waals surface area contributed by atoms with Gasteiger partial charge in [-0.1, -0.05) is 133 Å². The van der Waals surface area contributed by atoms with Gasteiger partial charge in [0.15, 0.2) is 5.54 Å². The van der Waals surface area contributed by atoms with Crippen LogP contribution in [0.2, 0.25) is 0 Å². The van der Waals surface area contributed by atoms with Gasteiger partial charge < -0.3 is 4.74 Å². The highest BCUT2D eigenvalue weighted by atomic mass is 35.5. The van der Waals surface area contributed by atoms with Gasteiger partial charge in [-0.05, 0) is 58.5 Å². The van der Waals surface area contributed by atoms with Gasteiger partial charge in [0.1, 0.15) is 12.4 Å². The molecule has 0 amide bonds. The fourth-order valence-electron chi connectivity index (χ4n) is 6.36. The lowest BCUT2D eigenvalue weighted by molar-refractivity contribution is 0.303. The number of hydrogen-bond acceptors (Lipinski definition) is 5. The van der Waals surface area contributed by atoms with Crippen LogP contribution in [0.15, 0.2) is 146 Å². The van der Waals surface area contributed by atoms with Gasteiger partial charge in [0, 0.05) is 28.6 Å². The van der Waals surface area contributed by atoms with Crippen LogP contribution >= 0.6 is 11.6 Å². The van der Waals surface area contributed by atoms with E-state index in [1.54, 1.807) is 4.80 Å². The van der Waals surface area contributed by atoms with Crippen molar-refractivity contribution < 1.29 is 4.74 Å². The van der Waals surface area contributed by atoms with Gasteiger partial charge in [0.2, 0.25) is 5.82 Å². The van der Waals surface area contributed by atoms with Gasteiger partial charge in [-0.25, -0.2) is 0 Å². The normalized spacial score (nSPS) is 11.4. The average molecular weight is 648 g/mol. The molecule has 7 rings (SSSR count). The number of nitrogens with zero attached hydrogens (tertiary/aromatic N) is 5. The quantitative estimate of drug-likeness (QED) is 0.109. The predicted molar refractivity (Wildman–Crippen MR) is 191 cm³/mol. The summed E-state index contributed by atoms with van der Waals surface area (Å²) in [6.45, 7) is 4.25. The van der Waals surface area contributed by atoms with E-state index < -0.39 is 5.54 Å². The van der Waals surface area contributed by atoms with Crippen LogP contribution in [0, 0.1) is 13.8 Å². The highest BCUT2D eigenvalue weighted by Gasteiger charge is 2.41. The van der Waals surface area contributed by atoms with Gasteiger partial charge in [-0.2, -0.15) is 0 Å². The van der Waals surface area contributed by atoms with E-state index in [9.17, 15) is 0 Å². The lowest BCUT2D eigenvalue weighted by Crippen LogP contribution is -2.39. The van der Waals surface area contributed by atoms with E-state index in [0.29, 0.717) is 18.3 Å². The Morgan fingerprint density at radius 2 is 1.23 bits per heavy atom. The van der Waals surface area contributed by atoms with Gasteiger partial charge >= 0.3 is 0 Å². The lowest BCUT2D eigenvalue weighted by Gasteiger charge is -2.34. The van der Waals surface area contributed by atoms with E-state index in [1.807, 2.05) is 92.7 Å². The molecule has 236 valence electrons. The number of benzene rings is 5. The molecule has 5 aromatic carbocycles. The number of tetrazole rings is 1. The van der Waals surface area contributed by atoms with Crippen molar-refractivity contribution in [2.24, 2.45) is 0 Å². The first-order valence-corrected chi connectivity index (χ1v) is 16.4. The molecular weight excluding hydrogens is 614 g/mol. The van der Waals surface area contributed by atoms with E-state index in [4.69, 9.17) is 31.7 Å². The third kappa shape index (κ3) is 5.87. The van der Waals surface area contributed by atoms with Gasteiger partial charge in [-0.15, -0.1) is 26.6 Å². The van der Waals surface area contributed by atoms with Crippen molar-refractivity contribution in [3.05, 3.63) is 185 Å². The maximum absolute atomic E-state index is 6.36. The van der Waals surface area contributed by atoms with Crippen molar-refractivity contribution in [1.82, 2.24) is 25.2 Å². The second-order valence-corrected chi connectivity index (χ2v) is 12.0. The van der Waals surface area contributed by atoms with Crippen LogP contribution in [0.25, 0.3) is 22.5 Å². The highest BCUT2D eigenvalue weighted by molar-refractivity contribution is 6.17. The first-order valence-electron chi connectivity index (χ1n) is 15.9. The summed E-state index contributed by atoms with van der Waals surface area (Å²) in [6.07, 6.45) is 0. The maximum atomic E-state index is 6.36. The predicted octanol–water partition coefficient (Wildman–Crippen LogP) is 9.18. The molecule has 48 heavy (non-hydrogen) atoms. The maximum Gasteiger partial charge on any atom is 0.205 e. The van der Waals surface area contributed by atoms with Crippen molar-refractivity contribution in [2.75, 3.05) is 0 Å². The Kier molecular flexibility index (Phi) is 8.82. The molecule has 0 bridgehead atoms. The summed E-state index contributed by atoms with van der Waals surface area (Å²) in [5.41, 5.74) is 8.73. The highest BCUT2D eigenvalue weighted by Crippen LogP contribution is 2.40. The van der Waals surface area contributed by atoms with Crippen molar-refractivity contribution >= 4 is 11.6 Å². The third-order valence-corrected chi connectivity index (χ3v) is 8.91. The molecule has 0 fully saturated rings. The number of ether oxygens (including phenoxy) is 1. The average Bonchev–Trinajstić information content (AvgIpc) is 3.63. The van der Waals surface area contributed by atoms with Crippen molar-refractivity contribution in [3.8, 4) is 28.3 Å². The summed E-state index contributed by atoms with van der Waals surface area (Å²) in [4.78, 5) is 6.32. The number of alkyl halides is 1. The number of hydrogen-bond donors (Lipinski definition) is 0. The third-order valence-electron chi connectivity index (χ3n) is 8.64. The summed E-state index contributed by atoms with van der Waals surface area (Å²) in [7, 11) is 0. The molecule has 7 aromatic rings. The minimum absolute atomic E-state index is 0.325. The van der Waals surface area contributed by atoms with E-state index >= 15 is 0 Å². The second-order valence-electron chi connectivity index (χ2n) is 11.7. The van der Waals surface area contributed by atoms with Crippen LogP contribution < -0.4 is 4.74 Å². The fraction of sp³-hybridized carbons (Fsp3) is 0.122.